The Morgan fingerprint density at radius 1 is 1.28 bits per heavy atom. The highest BCUT2D eigenvalue weighted by Crippen LogP contribution is 2.11. The van der Waals surface area contributed by atoms with Gasteiger partial charge in [0.25, 0.3) is 0 Å². The number of nitrogens with one attached hydrogen (secondary N) is 1. The molecule has 0 radical (unpaired) electrons. The number of thiophene rings is 1. The van der Waals surface area contributed by atoms with E-state index in [1.165, 1.54) is 12.0 Å². The van der Waals surface area contributed by atoms with Gasteiger partial charge in [-0.2, -0.15) is 11.3 Å². The molecule has 0 aliphatic heterocycles. The zero-order valence-corrected chi connectivity index (χ0v) is 12.3. The SMILES string of the molecule is CCNC(CCOCCOC)CCc1ccsc1. The van der Waals surface area contributed by atoms with Gasteiger partial charge in [0.2, 0.25) is 0 Å². The predicted molar refractivity (Wildman–Crippen MR) is 77.4 cm³/mol. The van der Waals surface area contributed by atoms with Crippen LogP contribution in [0.5, 0.6) is 0 Å². The third kappa shape index (κ3) is 7.11. The quantitative estimate of drug-likeness (QED) is 0.628. The average Bonchev–Trinajstić information content (AvgIpc) is 2.88. The molecule has 0 bridgehead atoms. The lowest BCUT2D eigenvalue weighted by Crippen LogP contribution is -2.30. The molecule has 1 aromatic rings. The van der Waals surface area contributed by atoms with E-state index in [9.17, 15) is 0 Å². The fourth-order valence-electron chi connectivity index (χ4n) is 1.88. The lowest BCUT2D eigenvalue weighted by atomic mass is 10.1. The Labute approximate surface area is 114 Å². The summed E-state index contributed by atoms with van der Waals surface area (Å²) in [6, 6.07) is 2.76. The lowest BCUT2D eigenvalue weighted by molar-refractivity contribution is 0.0655. The molecule has 1 rings (SSSR count). The second-order valence-electron chi connectivity index (χ2n) is 4.32. The molecule has 0 saturated heterocycles. The molecule has 18 heavy (non-hydrogen) atoms. The van der Waals surface area contributed by atoms with Gasteiger partial charge in [-0.1, -0.05) is 6.92 Å². The van der Waals surface area contributed by atoms with Crippen molar-refractivity contribution in [3.8, 4) is 0 Å². The summed E-state index contributed by atoms with van der Waals surface area (Å²) in [6.07, 6.45) is 3.40. The van der Waals surface area contributed by atoms with Crippen molar-refractivity contribution in [3.05, 3.63) is 22.4 Å². The number of hydrogen-bond donors (Lipinski definition) is 1. The van der Waals surface area contributed by atoms with Crippen LogP contribution in [0.25, 0.3) is 0 Å². The second kappa shape index (κ2) is 10.5. The van der Waals surface area contributed by atoms with E-state index in [2.05, 4.69) is 29.1 Å². The molecule has 1 atom stereocenters. The topological polar surface area (TPSA) is 30.5 Å². The first-order valence-electron chi connectivity index (χ1n) is 6.68. The van der Waals surface area contributed by atoms with Gasteiger partial charge in [0.1, 0.15) is 0 Å². The van der Waals surface area contributed by atoms with Crippen LogP contribution in [0.15, 0.2) is 16.8 Å². The maximum atomic E-state index is 5.52. The van der Waals surface area contributed by atoms with Gasteiger partial charge in [0, 0.05) is 19.8 Å². The largest absolute Gasteiger partial charge is 0.382 e. The molecule has 3 nitrogen and oxygen atoms in total. The van der Waals surface area contributed by atoms with Crippen LogP contribution < -0.4 is 5.32 Å². The highest BCUT2D eigenvalue weighted by atomic mass is 32.1. The van der Waals surface area contributed by atoms with Crippen LogP contribution in [-0.4, -0.2) is 39.5 Å². The van der Waals surface area contributed by atoms with E-state index in [4.69, 9.17) is 9.47 Å². The summed E-state index contributed by atoms with van der Waals surface area (Å²) >= 11 is 1.77. The fraction of sp³-hybridized carbons (Fsp3) is 0.714. The Bertz CT molecular complexity index is 277. The molecule has 0 saturated carbocycles. The number of methoxy groups -OCH3 is 1. The maximum absolute atomic E-state index is 5.52. The summed E-state index contributed by atoms with van der Waals surface area (Å²) < 4.78 is 10.5. The number of aryl methyl sites for hydroxylation is 1. The predicted octanol–water partition coefficient (Wildman–Crippen LogP) is 2.71. The summed E-state index contributed by atoms with van der Waals surface area (Å²) in [7, 11) is 1.70. The molecule has 1 unspecified atom stereocenters. The zero-order chi connectivity index (χ0) is 13.1. The highest BCUT2D eigenvalue weighted by Gasteiger charge is 2.07. The van der Waals surface area contributed by atoms with Gasteiger partial charge in [-0.25, -0.2) is 0 Å². The average molecular weight is 271 g/mol. The Morgan fingerprint density at radius 2 is 2.17 bits per heavy atom. The van der Waals surface area contributed by atoms with Crippen LogP contribution in [-0.2, 0) is 15.9 Å². The van der Waals surface area contributed by atoms with Crippen LogP contribution >= 0.6 is 11.3 Å². The molecule has 0 aliphatic carbocycles. The van der Waals surface area contributed by atoms with Crippen molar-refractivity contribution >= 4 is 11.3 Å². The summed E-state index contributed by atoms with van der Waals surface area (Å²) in [5, 5.41) is 7.91. The standard InChI is InChI=1S/C14H25NO2S/c1-3-15-14(6-8-17-10-9-16-2)5-4-13-7-11-18-12-13/h7,11-12,14-15H,3-6,8-10H2,1-2H3. The Hall–Kier alpha value is -0.420. The first-order chi connectivity index (χ1) is 8.86. The van der Waals surface area contributed by atoms with Gasteiger partial charge in [0.05, 0.1) is 13.2 Å². The molecule has 1 aromatic heterocycles. The molecule has 0 amide bonds. The molecule has 104 valence electrons. The number of rotatable bonds is 11. The molecule has 4 heteroatoms. The van der Waals surface area contributed by atoms with E-state index in [0.717, 1.165) is 26.0 Å². The minimum Gasteiger partial charge on any atom is -0.382 e. The molecule has 1 N–H and O–H groups in total. The summed E-state index contributed by atoms with van der Waals surface area (Å²) in [6.45, 7) is 5.36. The first kappa shape index (κ1) is 15.6. The van der Waals surface area contributed by atoms with Gasteiger partial charge in [-0.15, -0.1) is 0 Å². The van der Waals surface area contributed by atoms with Gasteiger partial charge in [-0.3, -0.25) is 0 Å². The van der Waals surface area contributed by atoms with Crippen molar-refractivity contribution < 1.29 is 9.47 Å². The Balaban J connectivity index is 2.14. The van der Waals surface area contributed by atoms with Crippen LogP contribution in [0.2, 0.25) is 0 Å². The van der Waals surface area contributed by atoms with E-state index in [0.29, 0.717) is 19.3 Å². The van der Waals surface area contributed by atoms with E-state index < -0.39 is 0 Å². The zero-order valence-electron chi connectivity index (χ0n) is 11.5. The molecule has 0 aromatic carbocycles. The number of hydrogen-bond acceptors (Lipinski definition) is 4. The van der Waals surface area contributed by atoms with Crippen molar-refractivity contribution in [2.75, 3.05) is 33.5 Å². The Morgan fingerprint density at radius 3 is 2.83 bits per heavy atom. The summed E-state index contributed by atoms with van der Waals surface area (Å²) in [5.74, 6) is 0. The highest BCUT2D eigenvalue weighted by molar-refractivity contribution is 7.07. The molecule has 0 spiro atoms. The smallest absolute Gasteiger partial charge is 0.0700 e. The first-order valence-corrected chi connectivity index (χ1v) is 7.62. The fourth-order valence-corrected chi connectivity index (χ4v) is 2.59. The molecule has 0 aliphatic rings. The van der Waals surface area contributed by atoms with Crippen molar-refractivity contribution in [3.63, 3.8) is 0 Å². The minimum atomic E-state index is 0.553. The van der Waals surface area contributed by atoms with Crippen LogP contribution in [0.1, 0.15) is 25.3 Å². The lowest BCUT2D eigenvalue weighted by Gasteiger charge is -2.17. The normalized spacial score (nSPS) is 12.8. The third-order valence-corrected chi connectivity index (χ3v) is 3.63. The van der Waals surface area contributed by atoms with E-state index in [-0.39, 0.29) is 0 Å². The van der Waals surface area contributed by atoms with E-state index in [1.807, 2.05) is 0 Å². The van der Waals surface area contributed by atoms with E-state index in [1.54, 1.807) is 18.4 Å². The molecular formula is C14H25NO2S. The second-order valence-corrected chi connectivity index (χ2v) is 5.10. The monoisotopic (exact) mass is 271 g/mol. The minimum absolute atomic E-state index is 0.553. The van der Waals surface area contributed by atoms with Gasteiger partial charge >= 0.3 is 0 Å². The summed E-state index contributed by atoms with van der Waals surface area (Å²) in [5.41, 5.74) is 1.45. The molecule has 1 heterocycles. The maximum Gasteiger partial charge on any atom is 0.0700 e. The van der Waals surface area contributed by atoms with Crippen molar-refractivity contribution in [1.29, 1.82) is 0 Å². The van der Waals surface area contributed by atoms with Gasteiger partial charge < -0.3 is 14.8 Å². The van der Waals surface area contributed by atoms with Crippen LogP contribution in [0.4, 0.5) is 0 Å². The van der Waals surface area contributed by atoms with Gasteiger partial charge in [0.15, 0.2) is 0 Å². The van der Waals surface area contributed by atoms with E-state index >= 15 is 0 Å². The molecule has 0 fully saturated rings. The van der Waals surface area contributed by atoms with Crippen molar-refractivity contribution in [1.82, 2.24) is 5.32 Å². The molecular weight excluding hydrogens is 246 g/mol. The number of ether oxygens (including phenoxy) is 2. The van der Waals surface area contributed by atoms with Crippen LogP contribution in [0.3, 0.4) is 0 Å². The van der Waals surface area contributed by atoms with Crippen LogP contribution in [0, 0.1) is 0 Å². The van der Waals surface area contributed by atoms with Gasteiger partial charge in [-0.05, 0) is 48.2 Å². The third-order valence-electron chi connectivity index (χ3n) is 2.90. The van der Waals surface area contributed by atoms with Crippen molar-refractivity contribution in [2.24, 2.45) is 0 Å². The van der Waals surface area contributed by atoms with Crippen molar-refractivity contribution in [2.45, 2.75) is 32.2 Å². The summed E-state index contributed by atoms with van der Waals surface area (Å²) in [4.78, 5) is 0. The Kier molecular flexibility index (Phi) is 9.12.